The van der Waals surface area contributed by atoms with Crippen LogP contribution >= 0.6 is 11.3 Å². The maximum atomic E-state index is 12.4. The fourth-order valence-electron chi connectivity index (χ4n) is 3.59. The van der Waals surface area contributed by atoms with E-state index in [1.54, 1.807) is 24.3 Å². The maximum absolute atomic E-state index is 12.4. The van der Waals surface area contributed by atoms with Crippen molar-refractivity contribution in [2.75, 3.05) is 11.9 Å². The zero-order valence-corrected chi connectivity index (χ0v) is 17.0. The predicted octanol–water partition coefficient (Wildman–Crippen LogP) is 2.78. The van der Waals surface area contributed by atoms with E-state index in [9.17, 15) is 19.6 Å². The molecule has 0 spiro atoms. The highest BCUT2D eigenvalue weighted by Crippen LogP contribution is 2.39. The van der Waals surface area contributed by atoms with Gasteiger partial charge >= 0.3 is 5.97 Å². The predicted molar refractivity (Wildman–Crippen MR) is 111 cm³/mol. The molecule has 1 aliphatic carbocycles. The number of rotatable bonds is 4. The largest absolute Gasteiger partial charge is 0.451 e. The summed E-state index contributed by atoms with van der Waals surface area (Å²) in [6, 6.07) is 8.70. The van der Waals surface area contributed by atoms with E-state index in [-0.39, 0.29) is 5.69 Å². The Morgan fingerprint density at radius 3 is 2.90 bits per heavy atom. The minimum absolute atomic E-state index is 0.0729. The quantitative estimate of drug-likeness (QED) is 0.623. The smallest absolute Gasteiger partial charge is 0.359 e. The molecule has 152 valence electrons. The molecule has 1 amide bonds. The number of nitrogens with zero attached hydrogens (tertiary/aromatic N) is 2. The number of amides is 1. The summed E-state index contributed by atoms with van der Waals surface area (Å²) in [6.07, 6.45) is 2.74. The number of anilines is 1. The van der Waals surface area contributed by atoms with Crippen LogP contribution in [0.15, 0.2) is 29.1 Å². The first-order chi connectivity index (χ1) is 14.5. The molecular weight excluding hydrogens is 404 g/mol. The summed E-state index contributed by atoms with van der Waals surface area (Å²) >= 11 is 1.41. The van der Waals surface area contributed by atoms with Crippen LogP contribution in [0.2, 0.25) is 0 Å². The monoisotopic (exact) mass is 422 g/mol. The van der Waals surface area contributed by atoms with Crippen LogP contribution in [0, 0.1) is 17.2 Å². The second-order valence-corrected chi connectivity index (χ2v) is 8.34. The Kier molecular flexibility index (Phi) is 5.33. The molecule has 0 aliphatic heterocycles. The van der Waals surface area contributed by atoms with Gasteiger partial charge in [-0.2, -0.15) is 10.4 Å². The summed E-state index contributed by atoms with van der Waals surface area (Å²) in [6.45, 7) is 1.64. The minimum Gasteiger partial charge on any atom is -0.451 e. The molecule has 1 aromatic carbocycles. The SMILES string of the molecule is CC1CCc2c(sc(NC(=O)COC(=O)c3n[nH]c(=O)c4ccccc34)c2C#N)C1. The highest BCUT2D eigenvalue weighted by molar-refractivity contribution is 7.16. The Morgan fingerprint density at radius 2 is 2.13 bits per heavy atom. The van der Waals surface area contributed by atoms with Crippen molar-refractivity contribution in [2.24, 2.45) is 5.92 Å². The minimum atomic E-state index is -0.822. The van der Waals surface area contributed by atoms with Crippen LogP contribution in [0.4, 0.5) is 5.00 Å². The zero-order valence-electron chi connectivity index (χ0n) is 16.2. The number of fused-ring (bicyclic) bond motifs is 2. The van der Waals surface area contributed by atoms with Gasteiger partial charge in [0.2, 0.25) is 0 Å². The van der Waals surface area contributed by atoms with Gasteiger partial charge in [0.05, 0.1) is 10.9 Å². The number of benzene rings is 1. The Morgan fingerprint density at radius 1 is 1.37 bits per heavy atom. The van der Waals surface area contributed by atoms with E-state index in [0.717, 1.165) is 29.7 Å². The highest BCUT2D eigenvalue weighted by atomic mass is 32.1. The number of hydrogen-bond acceptors (Lipinski definition) is 7. The molecule has 1 aliphatic rings. The maximum Gasteiger partial charge on any atom is 0.359 e. The summed E-state index contributed by atoms with van der Waals surface area (Å²) in [5.41, 5.74) is 1.02. The van der Waals surface area contributed by atoms with Crippen molar-refractivity contribution in [1.82, 2.24) is 10.2 Å². The van der Waals surface area contributed by atoms with Crippen molar-refractivity contribution in [1.29, 1.82) is 5.26 Å². The van der Waals surface area contributed by atoms with E-state index in [2.05, 4.69) is 28.5 Å². The van der Waals surface area contributed by atoms with Gasteiger partial charge in [-0.3, -0.25) is 9.59 Å². The number of thiophene rings is 1. The number of hydrogen-bond donors (Lipinski definition) is 2. The van der Waals surface area contributed by atoms with Crippen LogP contribution in [0.5, 0.6) is 0 Å². The van der Waals surface area contributed by atoms with Gasteiger partial charge in [-0.05, 0) is 36.8 Å². The lowest BCUT2D eigenvalue weighted by Crippen LogP contribution is -2.22. The number of H-pyrrole nitrogens is 1. The number of aromatic nitrogens is 2. The topological polar surface area (TPSA) is 125 Å². The zero-order chi connectivity index (χ0) is 21.3. The standard InChI is InChI=1S/C21H18N4O4S/c1-11-6-7-12-15(9-22)20(30-16(12)8-11)23-17(26)10-29-21(28)18-13-4-2-3-5-14(13)19(27)25-24-18/h2-5,11H,6-8,10H2,1H3,(H,23,26)(H,25,27). The van der Waals surface area contributed by atoms with Crippen molar-refractivity contribution < 1.29 is 14.3 Å². The molecule has 3 aromatic rings. The van der Waals surface area contributed by atoms with Crippen LogP contribution in [-0.4, -0.2) is 28.7 Å². The van der Waals surface area contributed by atoms with Crippen molar-refractivity contribution in [3.63, 3.8) is 0 Å². The van der Waals surface area contributed by atoms with Crippen LogP contribution in [0.3, 0.4) is 0 Å². The average molecular weight is 422 g/mol. The average Bonchev–Trinajstić information content (AvgIpc) is 3.08. The first-order valence-electron chi connectivity index (χ1n) is 9.47. The normalized spacial score (nSPS) is 15.3. The molecule has 0 radical (unpaired) electrons. The summed E-state index contributed by atoms with van der Waals surface area (Å²) in [5.74, 6) is -0.815. The molecule has 30 heavy (non-hydrogen) atoms. The lowest BCUT2D eigenvalue weighted by Gasteiger charge is -2.17. The van der Waals surface area contributed by atoms with E-state index < -0.39 is 24.0 Å². The molecule has 0 fully saturated rings. The van der Waals surface area contributed by atoms with Crippen molar-refractivity contribution in [2.45, 2.75) is 26.2 Å². The highest BCUT2D eigenvalue weighted by Gasteiger charge is 2.25. The molecule has 1 atom stereocenters. The number of esters is 1. The van der Waals surface area contributed by atoms with Crippen LogP contribution < -0.4 is 10.9 Å². The summed E-state index contributed by atoms with van der Waals surface area (Å²) in [5, 5.41) is 19.4. The molecule has 0 saturated carbocycles. The number of carbonyl (C=O) groups is 2. The summed E-state index contributed by atoms with van der Waals surface area (Å²) in [4.78, 5) is 37.7. The van der Waals surface area contributed by atoms with Gasteiger partial charge in [-0.15, -0.1) is 11.3 Å². The van der Waals surface area contributed by atoms with Crippen LogP contribution in [0.25, 0.3) is 10.8 Å². The van der Waals surface area contributed by atoms with E-state index in [1.807, 2.05) is 0 Å². The molecule has 9 heteroatoms. The van der Waals surface area contributed by atoms with Gasteiger partial charge in [0.25, 0.3) is 11.5 Å². The summed E-state index contributed by atoms with van der Waals surface area (Å²) in [7, 11) is 0. The molecule has 2 aromatic heterocycles. The molecule has 0 saturated heterocycles. The number of ether oxygens (including phenoxy) is 1. The van der Waals surface area contributed by atoms with E-state index >= 15 is 0 Å². The first-order valence-corrected chi connectivity index (χ1v) is 10.3. The van der Waals surface area contributed by atoms with Crippen LogP contribution in [-0.2, 0) is 22.4 Å². The Bertz CT molecular complexity index is 1250. The number of nitrogens with one attached hydrogen (secondary N) is 2. The van der Waals surface area contributed by atoms with E-state index in [0.29, 0.717) is 27.3 Å². The van der Waals surface area contributed by atoms with Crippen molar-refractivity contribution in [3.8, 4) is 6.07 Å². The van der Waals surface area contributed by atoms with Gasteiger partial charge in [0.1, 0.15) is 11.1 Å². The van der Waals surface area contributed by atoms with Gasteiger partial charge in [-0.25, -0.2) is 9.89 Å². The van der Waals surface area contributed by atoms with Gasteiger partial charge < -0.3 is 10.1 Å². The number of aromatic amines is 1. The lowest BCUT2D eigenvalue weighted by atomic mass is 9.89. The molecule has 0 bridgehead atoms. The molecule has 2 N–H and O–H groups in total. The van der Waals surface area contributed by atoms with Gasteiger partial charge in [0, 0.05) is 10.3 Å². The number of carbonyl (C=O) groups excluding carboxylic acids is 2. The first kappa shape index (κ1) is 19.8. The lowest BCUT2D eigenvalue weighted by molar-refractivity contribution is -0.119. The van der Waals surface area contributed by atoms with Crippen molar-refractivity contribution >= 4 is 39.0 Å². The molecular formula is C21H18N4O4S. The summed E-state index contributed by atoms with van der Waals surface area (Å²) < 4.78 is 5.09. The molecule has 8 nitrogen and oxygen atoms in total. The van der Waals surface area contributed by atoms with Crippen LogP contribution in [0.1, 0.15) is 39.8 Å². The third kappa shape index (κ3) is 3.69. The Balaban J connectivity index is 1.46. The molecule has 1 unspecified atom stereocenters. The third-order valence-electron chi connectivity index (χ3n) is 5.10. The fourth-order valence-corrected chi connectivity index (χ4v) is 4.97. The van der Waals surface area contributed by atoms with E-state index in [1.165, 1.54) is 11.3 Å². The molecule has 4 rings (SSSR count). The third-order valence-corrected chi connectivity index (χ3v) is 6.27. The van der Waals surface area contributed by atoms with Gasteiger partial charge in [0.15, 0.2) is 12.3 Å². The Hall–Kier alpha value is -3.51. The molecule has 2 heterocycles. The van der Waals surface area contributed by atoms with Crippen molar-refractivity contribution in [3.05, 3.63) is 56.3 Å². The second-order valence-electron chi connectivity index (χ2n) is 7.24. The Labute approximate surface area is 175 Å². The number of nitriles is 1. The van der Waals surface area contributed by atoms with E-state index in [4.69, 9.17) is 4.74 Å². The second kappa shape index (κ2) is 8.08. The fraction of sp³-hybridized carbons (Fsp3) is 0.286. The van der Waals surface area contributed by atoms with Gasteiger partial charge in [-0.1, -0.05) is 25.1 Å².